The molecule has 2 aromatic rings. The summed E-state index contributed by atoms with van der Waals surface area (Å²) in [4.78, 5) is 16.3. The van der Waals surface area contributed by atoms with Crippen LogP contribution < -0.4 is 10.6 Å². The van der Waals surface area contributed by atoms with Gasteiger partial charge in [0.1, 0.15) is 0 Å². The number of hydrogen-bond donors (Lipinski definition) is 2. The highest BCUT2D eigenvalue weighted by Gasteiger charge is 2.16. The molecule has 0 saturated heterocycles. The van der Waals surface area contributed by atoms with Gasteiger partial charge in [-0.1, -0.05) is 18.2 Å². The summed E-state index contributed by atoms with van der Waals surface area (Å²) in [6, 6.07) is 11.0. The van der Waals surface area contributed by atoms with E-state index in [9.17, 15) is 4.79 Å². The van der Waals surface area contributed by atoms with E-state index in [1.807, 2.05) is 11.3 Å². The molecule has 1 amide bonds. The zero-order valence-corrected chi connectivity index (χ0v) is 15.2. The van der Waals surface area contributed by atoms with Gasteiger partial charge in [0.25, 0.3) is 0 Å². The molecule has 2 N–H and O–H groups in total. The fourth-order valence-corrected chi connectivity index (χ4v) is 4.11. The molecule has 0 aliphatic carbocycles. The number of nitrogens with one attached hydrogen (secondary N) is 2. The van der Waals surface area contributed by atoms with E-state index >= 15 is 0 Å². The van der Waals surface area contributed by atoms with E-state index in [1.165, 1.54) is 26.6 Å². The third-order valence-corrected chi connectivity index (χ3v) is 5.29. The summed E-state index contributed by atoms with van der Waals surface area (Å²) in [7, 11) is 0. The smallest absolute Gasteiger partial charge is 0.216 e. The van der Waals surface area contributed by atoms with Gasteiger partial charge in [-0.25, -0.2) is 0 Å². The monoisotopic (exact) mass is 343 g/mol. The molecule has 0 unspecified atom stereocenters. The maximum Gasteiger partial charge on any atom is 0.216 e. The van der Waals surface area contributed by atoms with Crippen molar-refractivity contribution < 1.29 is 4.79 Å². The van der Waals surface area contributed by atoms with Crippen LogP contribution in [0.1, 0.15) is 27.8 Å². The molecule has 0 fully saturated rings. The summed E-state index contributed by atoms with van der Waals surface area (Å²) in [6.45, 7) is 8.09. The first-order valence-corrected chi connectivity index (χ1v) is 9.30. The molecule has 128 valence electrons. The number of hydrogen-bond acceptors (Lipinski definition) is 4. The Morgan fingerprint density at radius 1 is 1.29 bits per heavy atom. The predicted molar refractivity (Wildman–Crippen MR) is 100 cm³/mol. The third kappa shape index (κ3) is 4.36. The van der Waals surface area contributed by atoms with E-state index in [1.54, 1.807) is 6.92 Å². The van der Waals surface area contributed by atoms with Gasteiger partial charge in [0, 0.05) is 55.1 Å². The van der Waals surface area contributed by atoms with E-state index < -0.39 is 0 Å². The number of aryl methyl sites for hydroxylation is 1. The number of rotatable bonds is 7. The first-order chi connectivity index (χ1) is 11.6. The number of amides is 1. The zero-order chi connectivity index (χ0) is 16.9. The van der Waals surface area contributed by atoms with Gasteiger partial charge in [-0.3, -0.25) is 9.69 Å². The Morgan fingerprint density at radius 2 is 2.17 bits per heavy atom. The lowest BCUT2D eigenvalue weighted by Crippen LogP contribution is -2.33. The van der Waals surface area contributed by atoms with Crippen LogP contribution in [-0.2, 0) is 24.3 Å². The van der Waals surface area contributed by atoms with Crippen LogP contribution >= 0.6 is 11.3 Å². The summed E-state index contributed by atoms with van der Waals surface area (Å²) in [5.41, 5.74) is 4.08. The van der Waals surface area contributed by atoms with Crippen LogP contribution in [0.2, 0.25) is 0 Å². The van der Waals surface area contributed by atoms with Crippen molar-refractivity contribution in [2.75, 3.05) is 25.0 Å². The summed E-state index contributed by atoms with van der Waals surface area (Å²) in [6.07, 6.45) is 1.11. The van der Waals surface area contributed by atoms with Gasteiger partial charge in [-0.15, -0.1) is 11.3 Å². The van der Waals surface area contributed by atoms with Crippen LogP contribution in [0.4, 0.5) is 5.69 Å². The Kier molecular flexibility index (Phi) is 5.53. The van der Waals surface area contributed by atoms with Gasteiger partial charge in [0.15, 0.2) is 0 Å². The normalized spacial score (nSPS) is 13.0. The molecule has 4 nitrogen and oxygen atoms in total. The van der Waals surface area contributed by atoms with Crippen molar-refractivity contribution in [2.24, 2.45) is 0 Å². The standard InChI is InChI=1S/C19H25N3OS/c1-14-6-7-18(24-14)13-22(11-10-20-15(2)23)12-17-5-3-4-16-8-9-21-19(16)17/h3-7,21H,8-13H2,1-2H3,(H,20,23). The lowest BCUT2D eigenvalue weighted by Gasteiger charge is -2.23. The molecule has 0 radical (unpaired) electrons. The first kappa shape index (κ1) is 17.0. The van der Waals surface area contributed by atoms with Gasteiger partial charge in [0.05, 0.1) is 0 Å². The quantitative estimate of drug-likeness (QED) is 0.812. The summed E-state index contributed by atoms with van der Waals surface area (Å²) in [5.74, 6) is 0.0317. The van der Waals surface area contributed by atoms with Crippen molar-refractivity contribution >= 4 is 22.9 Å². The van der Waals surface area contributed by atoms with Crippen LogP contribution in [0.15, 0.2) is 30.3 Å². The molecule has 1 aliphatic rings. The summed E-state index contributed by atoms with van der Waals surface area (Å²) in [5, 5.41) is 6.43. The highest BCUT2D eigenvalue weighted by molar-refractivity contribution is 7.11. The largest absolute Gasteiger partial charge is 0.384 e. The van der Waals surface area contributed by atoms with E-state index in [2.05, 4.69) is 52.8 Å². The number of anilines is 1. The second kappa shape index (κ2) is 7.81. The van der Waals surface area contributed by atoms with E-state index in [0.29, 0.717) is 6.54 Å². The number of carbonyl (C=O) groups excluding carboxylic acids is 1. The van der Waals surface area contributed by atoms with Crippen LogP contribution in [-0.4, -0.2) is 30.4 Å². The number of nitrogens with zero attached hydrogens (tertiary/aromatic N) is 1. The van der Waals surface area contributed by atoms with Gasteiger partial charge in [-0.05, 0) is 36.6 Å². The fraction of sp³-hybridized carbons (Fsp3) is 0.421. The first-order valence-electron chi connectivity index (χ1n) is 8.48. The summed E-state index contributed by atoms with van der Waals surface area (Å²) < 4.78 is 0. The number of para-hydroxylation sites is 1. The van der Waals surface area contributed by atoms with Gasteiger partial charge < -0.3 is 10.6 Å². The molecular weight excluding hydrogens is 318 g/mol. The number of fused-ring (bicyclic) bond motifs is 1. The molecule has 2 heterocycles. The molecule has 1 aromatic heterocycles. The number of thiophene rings is 1. The molecule has 0 spiro atoms. The van der Waals surface area contributed by atoms with E-state index in [0.717, 1.165) is 32.6 Å². The molecule has 1 aromatic carbocycles. The highest BCUT2D eigenvalue weighted by Crippen LogP contribution is 2.28. The minimum Gasteiger partial charge on any atom is -0.384 e. The molecule has 24 heavy (non-hydrogen) atoms. The van der Waals surface area contributed by atoms with Crippen molar-refractivity contribution in [3.8, 4) is 0 Å². The van der Waals surface area contributed by atoms with E-state index in [-0.39, 0.29) is 5.91 Å². The summed E-state index contributed by atoms with van der Waals surface area (Å²) >= 11 is 1.85. The average Bonchev–Trinajstić information content (AvgIpc) is 3.16. The third-order valence-electron chi connectivity index (χ3n) is 4.30. The average molecular weight is 343 g/mol. The molecule has 1 aliphatic heterocycles. The topological polar surface area (TPSA) is 44.4 Å². The molecule has 0 atom stereocenters. The molecule has 0 bridgehead atoms. The SMILES string of the molecule is CC(=O)NCCN(Cc1ccc(C)s1)Cc1cccc2c1NCC2. The number of carbonyl (C=O) groups is 1. The van der Waals surface area contributed by atoms with Gasteiger partial charge >= 0.3 is 0 Å². The fourth-order valence-electron chi connectivity index (χ4n) is 3.18. The Morgan fingerprint density at radius 3 is 2.92 bits per heavy atom. The van der Waals surface area contributed by atoms with Crippen molar-refractivity contribution in [3.63, 3.8) is 0 Å². The van der Waals surface area contributed by atoms with Crippen LogP contribution in [0.3, 0.4) is 0 Å². The Balaban J connectivity index is 1.71. The van der Waals surface area contributed by atoms with Crippen LogP contribution in [0.5, 0.6) is 0 Å². The van der Waals surface area contributed by atoms with Crippen LogP contribution in [0, 0.1) is 6.92 Å². The van der Waals surface area contributed by atoms with Crippen LogP contribution in [0.25, 0.3) is 0 Å². The predicted octanol–water partition coefficient (Wildman–Crippen LogP) is 3.16. The lowest BCUT2D eigenvalue weighted by atomic mass is 10.1. The molecule has 5 heteroatoms. The second-order valence-corrected chi connectivity index (χ2v) is 7.71. The van der Waals surface area contributed by atoms with Gasteiger partial charge in [-0.2, -0.15) is 0 Å². The van der Waals surface area contributed by atoms with Crippen molar-refractivity contribution in [2.45, 2.75) is 33.4 Å². The van der Waals surface area contributed by atoms with Crippen molar-refractivity contribution in [1.82, 2.24) is 10.2 Å². The van der Waals surface area contributed by atoms with E-state index in [4.69, 9.17) is 0 Å². The highest BCUT2D eigenvalue weighted by atomic mass is 32.1. The molecular formula is C19H25N3OS. The second-order valence-electron chi connectivity index (χ2n) is 6.33. The lowest BCUT2D eigenvalue weighted by molar-refractivity contribution is -0.119. The maximum absolute atomic E-state index is 11.2. The minimum absolute atomic E-state index is 0.0317. The zero-order valence-electron chi connectivity index (χ0n) is 14.4. The Labute approximate surface area is 147 Å². The van der Waals surface area contributed by atoms with Crippen molar-refractivity contribution in [1.29, 1.82) is 0 Å². The molecule has 3 rings (SSSR count). The Bertz CT molecular complexity index is 710. The van der Waals surface area contributed by atoms with Crippen molar-refractivity contribution in [3.05, 3.63) is 51.2 Å². The Hall–Kier alpha value is -1.85. The van der Waals surface area contributed by atoms with Gasteiger partial charge in [0.2, 0.25) is 5.91 Å². The number of benzene rings is 1. The minimum atomic E-state index is 0.0317. The maximum atomic E-state index is 11.2. The molecule has 0 saturated carbocycles.